The van der Waals surface area contributed by atoms with Crippen molar-refractivity contribution in [1.29, 1.82) is 0 Å². The standard InChI is InChI=1S/C22H17Cl2FN4O2/c1-12-2-5-18(25)15(6-12)8-26-19(30)11-29-10-14-4-3-13(7-16(14)21(29)31)20-17(23)9-27-22(24)28-20/h2-7,9H,8,10-11H2,1H3,(H,26,30). The summed E-state index contributed by atoms with van der Waals surface area (Å²) in [6, 6.07) is 9.99. The summed E-state index contributed by atoms with van der Waals surface area (Å²) in [5, 5.41) is 3.04. The first-order chi connectivity index (χ1) is 14.8. The molecule has 0 saturated heterocycles. The van der Waals surface area contributed by atoms with E-state index in [2.05, 4.69) is 15.3 Å². The Balaban J connectivity index is 1.45. The first-order valence-electron chi connectivity index (χ1n) is 9.44. The number of benzene rings is 2. The van der Waals surface area contributed by atoms with Crippen molar-refractivity contribution in [1.82, 2.24) is 20.2 Å². The average molecular weight is 459 g/mol. The van der Waals surface area contributed by atoms with E-state index in [0.717, 1.165) is 11.1 Å². The molecule has 0 unspecified atom stereocenters. The highest BCUT2D eigenvalue weighted by atomic mass is 35.5. The van der Waals surface area contributed by atoms with Crippen LogP contribution >= 0.6 is 23.2 Å². The number of nitrogens with one attached hydrogen (secondary N) is 1. The van der Waals surface area contributed by atoms with E-state index in [9.17, 15) is 14.0 Å². The Morgan fingerprint density at radius 3 is 2.84 bits per heavy atom. The highest BCUT2D eigenvalue weighted by Gasteiger charge is 2.29. The second-order valence-corrected chi connectivity index (χ2v) is 7.99. The molecule has 0 saturated carbocycles. The Kier molecular flexibility index (Phi) is 5.89. The van der Waals surface area contributed by atoms with Crippen LogP contribution in [0.15, 0.2) is 42.6 Å². The molecule has 0 spiro atoms. The van der Waals surface area contributed by atoms with E-state index in [1.165, 1.54) is 17.2 Å². The zero-order chi connectivity index (χ0) is 22.1. The highest BCUT2D eigenvalue weighted by Crippen LogP contribution is 2.31. The normalized spacial score (nSPS) is 12.8. The van der Waals surface area contributed by atoms with E-state index in [0.29, 0.717) is 34.0 Å². The van der Waals surface area contributed by atoms with E-state index in [1.807, 2.05) is 6.92 Å². The minimum absolute atomic E-state index is 0.0505. The summed E-state index contributed by atoms with van der Waals surface area (Å²) in [6.45, 7) is 2.08. The minimum Gasteiger partial charge on any atom is -0.350 e. The Morgan fingerprint density at radius 1 is 1.23 bits per heavy atom. The first kappa shape index (κ1) is 21.2. The first-order valence-corrected chi connectivity index (χ1v) is 10.2. The van der Waals surface area contributed by atoms with Crippen LogP contribution in [0, 0.1) is 12.7 Å². The summed E-state index contributed by atoms with van der Waals surface area (Å²) in [7, 11) is 0. The number of nitrogens with zero attached hydrogens (tertiary/aromatic N) is 3. The molecular weight excluding hydrogens is 442 g/mol. The van der Waals surface area contributed by atoms with Crippen LogP contribution in [0.25, 0.3) is 11.3 Å². The van der Waals surface area contributed by atoms with Gasteiger partial charge in [-0.15, -0.1) is 0 Å². The molecule has 0 atom stereocenters. The van der Waals surface area contributed by atoms with Crippen LogP contribution < -0.4 is 5.32 Å². The molecule has 2 aromatic carbocycles. The molecule has 158 valence electrons. The van der Waals surface area contributed by atoms with Gasteiger partial charge < -0.3 is 10.2 Å². The van der Waals surface area contributed by atoms with Gasteiger partial charge in [-0.25, -0.2) is 14.4 Å². The van der Waals surface area contributed by atoms with Crippen molar-refractivity contribution in [3.8, 4) is 11.3 Å². The van der Waals surface area contributed by atoms with Gasteiger partial charge in [0.2, 0.25) is 11.2 Å². The topological polar surface area (TPSA) is 75.2 Å². The quantitative estimate of drug-likeness (QED) is 0.582. The number of aromatic nitrogens is 2. The summed E-state index contributed by atoms with van der Waals surface area (Å²) in [6.07, 6.45) is 1.40. The Labute approximate surface area is 188 Å². The van der Waals surface area contributed by atoms with Crippen molar-refractivity contribution in [2.75, 3.05) is 6.54 Å². The van der Waals surface area contributed by atoms with E-state index >= 15 is 0 Å². The summed E-state index contributed by atoms with van der Waals surface area (Å²) >= 11 is 12.0. The number of fused-ring (bicyclic) bond motifs is 1. The molecule has 2 heterocycles. The molecule has 1 N–H and O–H groups in total. The van der Waals surface area contributed by atoms with Gasteiger partial charge in [0.25, 0.3) is 5.91 Å². The van der Waals surface area contributed by atoms with Gasteiger partial charge in [0, 0.05) is 29.8 Å². The highest BCUT2D eigenvalue weighted by molar-refractivity contribution is 6.33. The summed E-state index contributed by atoms with van der Waals surface area (Å²) in [5.74, 6) is -1.02. The van der Waals surface area contributed by atoms with Crippen molar-refractivity contribution in [2.45, 2.75) is 20.0 Å². The summed E-state index contributed by atoms with van der Waals surface area (Å²) in [4.78, 5) is 34.6. The molecule has 0 radical (unpaired) electrons. The van der Waals surface area contributed by atoms with Gasteiger partial charge in [-0.1, -0.05) is 41.4 Å². The van der Waals surface area contributed by atoms with Gasteiger partial charge in [0.05, 0.1) is 16.9 Å². The number of carbonyl (C=O) groups is 2. The monoisotopic (exact) mass is 458 g/mol. The largest absolute Gasteiger partial charge is 0.350 e. The van der Waals surface area contributed by atoms with Crippen LogP contribution in [0.4, 0.5) is 4.39 Å². The zero-order valence-electron chi connectivity index (χ0n) is 16.5. The van der Waals surface area contributed by atoms with E-state index < -0.39 is 0 Å². The maximum Gasteiger partial charge on any atom is 0.254 e. The van der Waals surface area contributed by atoms with E-state index in [4.69, 9.17) is 23.2 Å². The third kappa shape index (κ3) is 4.52. The lowest BCUT2D eigenvalue weighted by Gasteiger charge is -2.15. The Morgan fingerprint density at radius 2 is 2.03 bits per heavy atom. The number of rotatable bonds is 5. The van der Waals surface area contributed by atoms with Gasteiger partial charge in [-0.3, -0.25) is 9.59 Å². The molecule has 0 fully saturated rings. The second kappa shape index (κ2) is 8.61. The fourth-order valence-corrected chi connectivity index (χ4v) is 3.78. The number of hydrogen-bond donors (Lipinski definition) is 1. The average Bonchev–Trinajstić information content (AvgIpc) is 3.05. The molecular formula is C22H17Cl2FN4O2. The minimum atomic E-state index is -0.383. The number of halogens is 3. The van der Waals surface area contributed by atoms with E-state index in [1.54, 1.807) is 30.3 Å². The molecule has 0 bridgehead atoms. The van der Waals surface area contributed by atoms with Crippen molar-refractivity contribution in [3.63, 3.8) is 0 Å². The van der Waals surface area contributed by atoms with Gasteiger partial charge in [-0.2, -0.15) is 0 Å². The predicted octanol–water partition coefficient (Wildman–Crippen LogP) is 4.17. The van der Waals surface area contributed by atoms with E-state index in [-0.39, 0.29) is 36.0 Å². The van der Waals surface area contributed by atoms with Gasteiger partial charge in [0.15, 0.2) is 0 Å². The molecule has 3 aromatic rings. The van der Waals surface area contributed by atoms with Gasteiger partial charge in [-0.05, 0) is 36.2 Å². The Hall–Kier alpha value is -3.03. The van der Waals surface area contributed by atoms with Gasteiger partial charge in [0.1, 0.15) is 12.4 Å². The lowest BCUT2D eigenvalue weighted by Crippen LogP contribution is -2.37. The van der Waals surface area contributed by atoms with Crippen molar-refractivity contribution in [3.05, 3.63) is 81.0 Å². The zero-order valence-corrected chi connectivity index (χ0v) is 18.0. The van der Waals surface area contributed by atoms with Crippen LogP contribution in [0.2, 0.25) is 10.3 Å². The number of hydrogen-bond acceptors (Lipinski definition) is 4. The lowest BCUT2D eigenvalue weighted by molar-refractivity contribution is -0.122. The molecule has 9 heteroatoms. The smallest absolute Gasteiger partial charge is 0.254 e. The predicted molar refractivity (Wildman–Crippen MR) is 115 cm³/mol. The molecule has 1 aliphatic rings. The molecule has 6 nitrogen and oxygen atoms in total. The maximum absolute atomic E-state index is 13.9. The van der Waals surface area contributed by atoms with Crippen molar-refractivity contribution >= 4 is 35.0 Å². The van der Waals surface area contributed by atoms with Crippen LogP contribution in [-0.4, -0.2) is 33.2 Å². The maximum atomic E-state index is 13.9. The summed E-state index contributed by atoms with van der Waals surface area (Å²) < 4.78 is 13.9. The molecule has 1 aromatic heterocycles. The number of aryl methyl sites for hydroxylation is 1. The SMILES string of the molecule is Cc1ccc(F)c(CNC(=O)CN2Cc3ccc(-c4nc(Cl)ncc4Cl)cc3C2=O)c1. The third-order valence-electron chi connectivity index (χ3n) is 4.99. The molecule has 2 amide bonds. The molecule has 4 rings (SSSR count). The number of amides is 2. The lowest BCUT2D eigenvalue weighted by atomic mass is 10.0. The fourth-order valence-electron chi connectivity index (χ4n) is 3.45. The van der Waals surface area contributed by atoms with Crippen LogP contribution in [0.5, 0.6) is 0 Å². The van der Waals surface area contributed by atoms with Crippen LogP contribution in [0.3, 0.4) is 0 Å². The molecule has 0 aliphatic carbocycles. The molecule has 1 aliphatic heterocycles. The summed E-state index contributed by atoms with van der Waals surface area (Å²) in [5.41, 5.74) is 3.62. The second-order valence-electron chi connectivity index (χ2n) is 7.24. The van der Waals surface area contributed by atoms with Crippen molar-refractivity contribution in [2.24, 2.45) is 0 Å². The van der Waals surface area contributed by atoms with Crippen molar-refractivity contribution < 1.29 is 14.0 Å². The van der Waals surface area contributed by atoms with Crippen LogP contribution in [-0.2, 0) is 17.9 Å². The molecule has 31 heavy (non-hydrogen) atoms. The number of carbonyl (C=O) groups excluding carboxylic acids is 2. The van der Waals surface area contributed by atoms with Gasteiger partial charge >= 0.3 is 0 Å². The fraction of sp³-hybridized carbons (Fsp3) is 0.182. The Bertz CT molecular complexity index is 1200. The van der Waals surface area contributed by atoms with Crippen LogP contribution in [0.1, 0.15) is 27.0 Å². The third-order valence-corrected chi connectivity index (χ3v) is 5.45.